The molecule has 0 atom stereocenters. The summed E-state index contributed by atoms with van der Waals surface area (Å²) in [6, 6.07) is 7.66. The van der Waals surface area contributed by atoms with Crippen molar-refractivity contribution in [3.05, 3.63) is 54.5 Å². The first kappa shape index (κ1) is 15.7. The number of allylic oxidation sites excluding steroid dienone is 1. The zero-order chi connectivity index (χ0) is 17.3. The lowest BCUT2D eigenvalue weighted by molar-refractivity contribution is 0.397. The first-order chi connectivity index (χ1) is 11.5. The number of nitrogen functional groups attached to an aromatic ring is 1. The Balaban J connectivity index is 2.13. The number of nitrogens with zero attached hydrogens (tertiary/aromatic N) is 2. The standard InChI is InChI=1S/C18H16FN3O2/c1-10(2)12-9-14-17(22-18(12)23-3)16(6-7-21-14)24-15-5-4-11(20)8-13(15)19/h4-9H,1,20H2,2-3H3. The minimum Gasteiger partial charge on any atom is -0.481 e. The molecule has 122 valence electrons. The van der Waals surface area contributed by atoms with Gasteiger partial charge in [0.2, 0.25) is 5.88 Å². The van der Waals surface area contributed by atoms with Gasteiger partial charge in [0.15, 0.2) is 17.3 Å². The first-order valence-electron chi connectivity index (χ1n) is 7.22. The molecule has 3 rings (SSSR count). The Bertz CT molecular complexity index is 941. The second-order valence-electron chi connectivity index (χ2n) is 5.29. The summed E-state index contributed by atoms with van der Waals surface area (Å²) in [6.07, 6.45) is 1.57. The molecule has 0 amide bonds. The molecular weight excluding hydrogens is 309 g/mol. The van der Waals surface area contributed by atoms with Gasteiger partial charge in [-0.3, -0.25) is 4.98 Å². The molecule has 0 saturated carbocycles. The second-order valence-corrected chi connectivity index (χ2v) is 5.29. The van der Waals surface area contributed by atoms with Crippen LogP contribution in [0.25, 0.3) is 16.6 Å². The van der Waals surface area contributed by atoms with Crippen molar-refractivity contribution >= 4 is 22.3 Å². The van der Waals surface area contributed by atoms with Crippen LogP contribution in [0.2, 0.25) is 0 Å². The number of hydrogen-bond acceptors (Lipinski definition) is 5. The van der Waals surface area contributed by atoms with E-state index in [0.29, 0.717) is 28.4 Å². The molecule has 0 aliphatic heterocycles. The Morgan fingerprint density at radius 3 is 2.67 bits per heavy atom. The third-order valence-electron chi connectivity index (χ3n) is 3.47. The van der Waals surface area contributed by atoms with Crippen LogP contribution >= 0.6 is 0 Å². The van der Waals surface area contributed by atoms with Gasteiger partial charge in [0.25, 0.3) is 0 Å². The van der Waals surface area contributed by atoms with E-state index < -0.39 is 5.82 Å². The number of fused-ring (bicyclic) bond motifs is 1. The van der Waals surface area contributed by atoms with Crippen molar-refractivity contribution in [1.82, 2.24) is 9.97 Å². The summed E-state index contributed by atoms with van der Waals surface area (Å²) in [6.45, 7) is 5.77. The van der Waals surface area contributed by atoms with Crippen molar-refractivity contribution in [2.45, 2.75) is 6.92 Å². The summed E-state index contributed by atoms with van der Waals surface area (Å²) in [7, 11) is 1.52. The molecule has 5 nitrogen and oxygen atoms in total. The van der Waals surface area contributed by atoms with Crippen LogP contribution in [-0.4, -0.2) is 17.1 Å². The number of halogens is 1. The van der Waals surface area contributed by atoms with Crippen LogP contribution in [0, 0.1) is 5.82 Å². The first-order valence-corrected chi connectivity index (χ1v) is 7.22. The highest BCUT2D eigenvalue weighted by Crippen LogP contribution is 2.33. The lowest BCUT2D eigenvalue weighted by Crippen LogP contribution is -1.98. The second kappa shape index (κ2) is 6.16. The molecule has 1 aromatic carbocycles. The summed E-state index contributed by atoms with van der Waals surface area (Å²) >= 11 is 0. The van der Waals surface area contributed by atoms with Gasteiger partial charge in [0, 0.05) is 29.6 Å². The predicted octanol–water partition coefficient (Wildman–Crippen LogP) is 4.19. The van der Waals surface area contributed by atoms with Crippen molar-refractivity contribution in [3.63, 3.8) is 0 Å². The molecule has 0 saturated heterocycles. The van der Waals surface area contributed by atoms with Gasteiger partial charge in [0.1, 0.15) is 5.52 Å². The number of nitrogens with two attached hydrogens (primary N) is 1. The number of pyridine rings is 2. The highest BCUT2D eigenvalue weighted by atomic mass is 19.1. The fourth-order valence-corrected chi connectivity index (χ4v) is 2.29. The van der Waals surface area contributed by atoms with E-state index in [4.69, 9.17) is 15.2 Å². The average molecular weight is 325 g/mol. The maximum atomic E-state index is 14.0. The topological polar surface area (TPSA) is 70.3 Å². The van der Waals surface area contributed by atoms with Gasteiger partial charge in [-0.05, 0) is 30.7 Å². The van der Waals surface area contributed by atoms with Crippen molar-refractivity contribution in [3.8, 4) is 17.4 Å². The lowest BCUT2D eigenvalue weighted by Gasteiger charge is -2.12. The van der Waals surface area contributed by atoms with Crippen LogP contribution in [0.4, 0.5) is 10.1 Å². The SMILES string of the molecule is C=C(C)c1cc2nccc(Oc3ccc(N)cc3F)c2nc1OC. The number of hydrogen-bond donors (Lipinski definition) is 1. The van der Waals surface area contributed by atoms with Crippen molar-refractivity contribution in [2.24, 2.45) is 0 Å². The molecule has 2 N–H and O–H groups in total. The number of aromatic nitrogens is 2. The van der Waals surface area contributed by atoms with Crippen LogP contribution in [0.15, 0.2) is 43.1 Å². The van der Waals surface area contributed by atoms with Crippen LogP contribution in [0.1, 0.15) is 12.5 Å². The Morgan fingerprint density at radius 2 is 2.00 bits per heavy atom. The fraction of sp³-hybridized carbons (Fsp3) is 0.111. The molecule has 24 heavy (non-hydrogen) atoms. The quantitative estimate of drug-likeness (QED) is 0.729. The maximum absolute atomic E-state index is 14.0. The molecule has 0 unspecified atom stereocenters. The number of benzene rings is 1. The summed E-state index contributed by atoms with van der Waals surface area (Å²) in [5.74, 6) is 0.285. The third-order valence-corrected chi connectivity index (χ3v) is 3.47. The smallest absolute Gasteiger partial charge is 0.221 e. The predicted molar refractivity (Wildman–Crippen MR) is 91.7 cm³/mol. The van der Waals surface area contributed by atoms with E-state index in [2.05, 4.69) is 16.5 Å². The summed E-state index contributed by atoms with van der Waals surface area (Å²) in [5, 5.41) is 0. The Labute approximate surface area is 138 Å². The zero-order valence-electron chi connectivity index (χ0n) is 13.3. The Hall–Kier alpha value is -3.15. The third kappa shape index (κ3) is 2.86. The van der Waals surface area contributed by atoms with E-state index >= 15 is 0 Å². The van der Waals surface area contributed by atoms with E-state index in [-0.39, 0.29) is 5.75 Å². The van der Waals surface area contributed by atoms with Gasteiger partial charge in [-0.1, -0.05) is 6.58 Å². The van der Waals surface area contributed by atoms with Crippen molar-refractivity contribution in [1.29, 1.82) is 0 Å². The van der Waals surface area contributed by atoms with Crippen molar-refractivity contribution < 1.29 is 13.9 Å². The number of rotatable bonds is 4. The molecule has 0 bridgehead atoms. The molecular formula is C18H16FN3O2. The largest absolute Gasteiger partial charge is 0.481 e. The van der Waals surface area contributed by atoms with Gasteiger partial charge in [-0.25, -0.2) is 9.37 Å². The molecule has 6 heteroatoms. The summed E-state index contributed by atoms with van der Waals surface area (Å²) in [5.41, 5.74) is 8.51. The minimum absolute atomic E-state index is 0.0569. The van der Waals surface area contributed by atoms with Gasteiger partial charge in [0.05, 0.1) is 12.6 Å². The van der Waals surface area contributed by atoms with E-state index in [1.807, 2.05) is 13.0 Å². The molecule has 2 aromatic heterocycles. The van der Waals surface area contributed by atoms with Crippen LogP contribution in [0.3, 0.4) is 0 Å². The van der Waals surface area contributed by atoms with E-state index in [0.717, 1.165) is 11.1 Å². The molecule has 3 aromatic rings. The lowest BCUT2D eigenvalue weighted by atomic mass is 10.1. The maximum Gasteiger partial charge on any atom is 0.221 e. The van der Waals surface area contributed by atoms with E-state index in [1.165, 1.54) is 19.2 Å². The van der Waals surface area contributed by atoms with Crippen molar-refractivity contribution in [2.75, 3.05) is 12.8 Å². The summed E-state index contributed by atoms with van der Waals surface area (Å²) < 4.78 is 25.0. The van der Waals surface area contributed by atoms with Crippen LogP contribution in [0.5, 0.6) is 17.4 Å². The number of anilines is 1. The number of ether oxygens (including phenoxy) is 2. The molecule has 0 aliphatic carbocycles. The molecule has 0 aliphatic rings. The average Bonchev–Trinajstić information content (AvgIpc) is 2.56. The normalized spacial score (nSPS) is 10.6. The Morgan fingerprint density at radius 1 is 1.21 bits per heavy atom. The fourth-order valence-electron chi connectivity index (χ4n) is 2.29. The van der Waals surface area contributed by atoms with Gasteiger partial charge >= 0.3 is 0 Å². The minimum atomic E-state index is -0.550. The zero-order valence-corrected chi connectivity index (χ0v) is 13.3. The van der Waals surface area contributed by atoms with Gasteiger partial charge in [-0.15, -0.1) is 0 Å². The monoisotopic (exact) mass is 325 g/mol. The summed E-state index contributed by atoms with van der Waals surface area (Å²) in [4.78, 5) is 8.73. The highest BCUT2D eigenvalue weighted by Gasteiger charge is 2.14. The molecule has 2 heterocycles. The molecule has 0 spiro atoms. The van der Waals surface area contributed by atoms with E-state index in [9.17, 15) is 4.39 Å². The van der Waals surface area contributed by atoms with Gasteiger partial charge < -0.3 is 15.2 Å². The number of methoxy groups -OCH3 is 1. The van der Waals surface area contributed by atoms with Crippen LogP contribution < -0.4 is 15.2 Å². The van der Waals surface area contributed by atoms with Gasteiger partial charge in [-0.2, -0.15) is 0 Å². The van der Waals surface area contributed by atoms with E-state index in [1.54, 1.807) is 18.3 Å². The van der Waals surface area contributed by atoms with Crippen LogP contribution in [-0.2, 0) is 0 Å². The Kier molecular flexibility index (Phi) is 4.04. The highest BCUT2D eigenvalue weighted by molar-refractivity contribution is 5.85. The molecule has 0 radical (unpaired) electrons. The molecule has 0 fully saturated rings.